The van der Waals surface area contributed by atoms with Crippen LogP contribution in [0.1, 0.15) is 52.4 Å². The zero-order chi connectivity index (χ0) is 22.1. The molecule has 3 heterocycles. The third-order valence-corrected chi connectivity index (χ3v) is 7.21. The molecule has 3 fully saturated rings. The van der Waals surface area contributed by atoms with Gasteiger partial charge in [-0.2, -0.15) is 0 Å². The Labute approximate surface area is 177 Å². The van der Waals surface area contributed by atoms with Crippen LogP contribution in [0.3, 0.4) is 0 Å². The minimum absolute atomic E-state index is 0.0147. The number of carboxylic acid groups (broad SMARTS) is 1. The molecule has 3 aliphatic heterocycles. The van der Waals surface area contributed by atoms with Crippen LogP contribution in [0.25, 0.3) is 0 Å². The molecule has 2 amide bonds. The predicted molar refractivity (Wildman–Crippen MR) is 110 cm³/mol. The lowest BCUT2D eigenvalue weighted by Crippen LogP contribution is -2.56. The molecule has 3 saturated heterocycles. The monoisotopic (exact) mass is 422 g/mol. The van der Waals surface area contributed by atoms with Crippen molar-refractivity contribution in [2.75, 3.05) is 26.2 Å². The van der Waals surface area contributed by atoms with Gasteiger partial charge in [0.25, 0.3) is 0 Å². The molecule has 8 nitrogen and oxygen atoms in total. The number of nitrogens with zero attached hydrogens (tertiary/aromatic N) is 2. The molecule has 0 aliphatic carbocycles. The maximum atomic E-state index is 13.7. The van der Waals surface area contributed by atoms with Crippen molar-refractivity contribution >= 4 is 17.8 Å². The van der Waals surface area contributed by atoms with E-state index in [-0.39, 0.29) is 19.1 Å². The van der Waals surface area contributed by atoms with Gasteiger partial charge in [0.15, 0.2) is 0 Å². The molecule has 168 valence electrons. The second-order valence-electron chi connectivity index (χ2n) is 8.71. The number of aliphatic hydroxyl groups is 1. The van der Waals surface area contributed by atoms with E-state index in [2.05, 4.69) is 13.5 Å². The van der Waals surface area contributed by atoms with Crippen LogP contribution in [0.15, 0.2) is 12.7 Å². The minimum atomic E-state index is -1.15. The Morgan fingerprint density at radius 3 is 2.63 bits per heavy atom. The fourth-order valence-corrected chi connectivity index (χ4v) is 5.89. The van der Waals surface area contributed by atoms with E-state index in [1.807, 2.05) is 6.92 Å². The van der Waals surface area contributed by atoms with Crippen molar-refractivity contribution in [2.24, 2.45) is 11.8 Å². The van der Waals surface area contributed by atoms with Crippen LogP contribution in [0.2, 0.25) is 0 Å². The molecule has 0 aromatic carbocycles. The maximum Gasteiger partial charge on any atom is 0.310 e. The smallest absolute Gasteiger partial charge is 0.310 e. The molecule has 0 radical (unpaired) electrons. The van der Waals surface area contributed by atoms with Gasteiger partial charge in [0.1, 0.15) is 17.6 Å². The first-order valence-electron chi connectivity index (χ1n) is 11.1. The second kappa shape index (κ2) is 8.67. The van der Waals surface area contributed by atoms with E-state index in [0.29, 0.717) is 32.4 Å². The lowest BCUT2D eigenvalue weighted by Gasteiger charge is -2.36. The highest BCUT2D eigenvalue weighted by Crippen LogP contribution is 2.64. The quantitative estimate of drug-likeness (QED) is 0.385. The lowest BCUT2D eigenvalue weighted by molar-refractivity contribution is -0.158. The Morgan fingerprint density at radius 2 is 2.07 bits per heavy atom. The molecule has 2 unspecified atom stereocenters. The van der Waals surface area contributed by atoms with Gasteiger partial charge >= 0.3 is 5.97 Å². The number of carbonyl (C=O) groups excluding carboxylic acids is 2. The number of β-amino-alcohol motifs (C(OH)–C–C–N with tert-alkyl or cyclic N) is 1. The SMILES string of the molecule is C=CCN(CCCCC)C(=O)C1N(CCO)C(=O)[C@@H]2[C@@H](C(=O)O)[C@@]3(CC)CCC12O3. The van der Waals surface area contributed by atoms with Crippen molar-refractivity contribution in [2.45, 2.75) is 69.6 Å². The summed E-state index contributed by atoms with van der Waals surface area (Å²) in [5, 5.41) is 19.5. The van der Waals surface area contributed by atoms with Crippen molar-refractivity contribution in [3.05, 3.63) is 12.7 Å². The summed E-state index contributed by atoms with van der Waals surface area (Å²) < 4.78 is 6.43. The van der Waals surface area contributed by atoms with Crippen LogP contribution in [-0.2, 0) is 19.1 Å². The number of aliphatic carboxylic acids is 1. The van der Waals surface area contributed by atoms with Crippen LogP contribution in [-0.4, -0.2) is 81.3 Å². The number of carboxylic acids is 1. The van der Waals surface area contributed by atoms with Crippen molar-refractivity contribution in [3.63, 3.8) is 0 Å². The molecule has 3 aliphatic rings. The third-order valence-electron chi connectivity index (χ3n) is 7.21. The summed E-state index contributed by atoms with van der Waals surface area (Å²) in [7, 11) is 0. The number of hydrogen-bond acceptors (Lipinski definition) is 5. The minimum Gasteiger partial charge on any atom is -0.481 e. The topological polar surface area (TPSA) is 107 Å². The van der Waals surface area contributed by atoms with Gasteiger partial charge in [-0.05, 0) is 25.7 Å². The Bertz CT molecular complexity index is 712. The first-order chi connectivity index (χ1) is 14.3. The maximum absolute atomic E-state index is 13.7. The standard InChI is InChI=1S/C22H34N2O6/c1-4-7-8-12-23(11-5-2)19(27)17-22-10-9-21(6-3,30-22)16(20(28)29)15(22)18(26)24(17)13-14-25/h5,15-17,25H,2,4,6-14H2,1,3H3,(H,28,29)/t15-,16-,17?,21+,22?/m0/s1. The van der Waals surface area contributed by atoms with E-state index in [0.717, 1.165) is 19.3 Å². The lowest BCUT2D eigenvalue weighted by atomic mass is 9.65. The number of rotatable bonds is 11. The number of unbranched alkanes of at least 4 members (excludes halogenated alkanes) is 2. The van der Waals surface area contributed by atoms with Crippen molar-refractivity contribution in [1.29, 1.82) is 0 Å². The highest BCUT2D eigenvalue weighted by atomic mass is 16.5. The Morgan fingerprint density at radius 1 is 1.33 bits per heavy atom. The highest BCUT2D eigenvalue weighted by Gasteiger charge is 2.78. The number of aliphatic hydroxyl groups excluding tert-OH is 1. The van der Waals surface area contributed by atoms with Crippen LogP contribution in [0.5, 0.6) is 0 Å². The molecule has 3 rings (SSSR count). The van der Waals surface area contributed by atoms with E-state index < -0.39 is 41.0 Å². The Balaban J connectivity index is 2.01. The second-order valence-corrected chi connectivity index (χ2v) is 8.71. The third kappa shape index (κ3) is 3.24. The van der Waals surface area contributed by atoms with E-state index in [4.69, 9.17) is 4.74 Å². The van der Waals surface area contributed by atoms with Crippen molar-refractivity contribution in [1.82, 2.24) is 9.80 Å². The molecule has 2 bridgehead atoms. The van der Waals surface area contributed by atoms with Crippen LogP contribution in [0.4, 0.5) is 0 Å². The van der Waals surface area contributed by atoms with Crippen LogP contribution in [0, 0.1) is 11.8 Å². The molecule has 0 saturated carbocycles. The largest absolute Gasteiger partial charge is 0.481 e. The van der Waals surface area contributed by atoms with E-state index in [1.54, 1.807) is 11.0 Å². The number of ether oxygens (including phenoxy) is 1. The van der Waals surface area contributed by atoms with E-state index in [1.165, 1.54) is 4.90 Å². The highest BCUT2D eigenvalue weighted by molar-refractivity contribution is 5.98. The fraction of sp³-hybridized carbons (Fsp3) is 0.773. The zero-order valence-electron chi connectivity index (χ0n) is 18.0. The molecule has 0 aromatic heterocycles. The van der Waals surface area contributed by atoms with Gasteiger partial charge in [-0.3, -0.25) is 14.4 Å². The summed E-state index contributed by atoms with van der Waals surface area (Å²) in [6, 6.07) is -0.915. The first kappa shape index (κ1) is 22.7. The number of fused-ring (bicyclic) bond motifs is 1. The summed E-state index contributed by atoms with van der Waals surface area (Å²) in [6.07, 6.45) is 5.95. The van der Waals surface area contributed by atoms with Gasteiger partial charge in [0.05, 0.1) is 18.1 Å². The summed E-state index contributed by atoms with van der Waals surface area (Å²) in [6.45, 7) is 8.29. The average Bonchev–Trinajstić information content (AvgIpc) is 3.31. The molecule has 8 heteroatoms. The molecule has 2 N–H and O–H groups in total. The average molecular weight is 423 g/mol. The number of likely N-dealkylation sites (tertiary alicyclic amines) is 1. The van der Waals surface area contributed by atoms with Gasteiger partial charge in [0, 0.05) is 19.6 Å². The fourth-order valence-electron chi connectivity index (χ4n) is 5.89. The molecule has 5 atom stereocenters. The van der Waals surface area contributed by atoms with Gasteiger partial charge < -0.3 is 24.7 Å². The van der Waals surface area contributed by atoms with Crippen molar-refractivity contribution in [3.8, 4) is 0 Å². The summed E-state index contributed by atoms with van der Waals surface area (Å²) in [5.41, 5.74) is -2.06. The summed E-state index contributed by atoms with van der Waals surface area (Å²) in [5.74, 6) is -3.56. The van der Waals surface area contributed by atoms with Gasteiger partial charge in [-0.25, -0.2) is 0 Å². The molecular weight excluding hydrogens is 388 g/mol. The predicted octanol–water partition coefficient (Wildman–Crippen LogP) is 1.42. The Kier molecular flexibility index (Phi) is 6.57. The van der Waals surface area contributed by atoms with E-state index in [9.17, 15) is 24.6 Å². The normalized spacial score (nSPS) is 34.3. The molecular formula is C22H34N2O6. The van der Waals surface area contributed by atoms with Gasteiger partial charge in [-0.1, -0.05) is 32.8 Å². The van der Waals surface area contributed by atoms with E-state index >= 15 is 0 Å². The summed E-state index contributed by atoms with van der Waals surface area (Å²) >= 11 is 0. The van der Waals surface area contributed by atoms with Crippen LogP contribution >= 0.6 is 0 Å². The first-order valence-corrected chi connectivity index (χ1v) is 11.1. The summed E-state index contributed by atoms with van der Waals surface area (Å²) in [4.78, 5) is 42.3. The zero-order valence-corrected chi connectivity index (χ0v) is 18.0. The molecule has 0 aromatic rings. The van der Waals surface area contributed by atoms with Gasteiger partial charge in [-0.15, -0.1) is 6.58 Å². The van der Waals surface area contributed by atoms with Crippen molar-refractivity contribution < 1.29 is 29.3 Å². The van der Waals surface area contributed by atoms with Gasteiger partial charge in [0.2, 0.25) is 11.8 Å². The number of amides is 2. The number of hydrogen-bond donors (Lipinski definition) is 2. The van der Waals surface area contributed by atoms with Crippen LogP contribution < -0.4 is 0 Å². The number of carbonyl (C=O) groups is 3. The molecule has 1 spiro atoms. The molecule has 30 heavy (non-hydrogen) atoms. The Hall–Kier alpha value is -1.93.